The van der Waals surface area contributed by atoms with E-state index in [4.69, 9.17) is 9.97 Å². The number of fused-ring (bicyclic) bond motifs is 19. The maximum atomic E-state index is 5.23. The molecule has 5 heteroatoms. The molecule has 0 aliphatic carbocycles. The fraction of sp³-hybridized carbons (Fsp3) is 0. The summed E-state index contributed by atoms with van der Waals surface area (Å²) in [7, 11) is 0. The Bertz CT molecular complexity index is 8040. The lowest BCUT2D eigenvalue weighted by Gasteiger charge is -2.13. The Hall–Kier alpha value is -15.6. The molecule has 5 heterocycles. The van der Waals surface area contributed by atoms with E-state index in [0.717, 1.165) is 39.2 Å². The summed E-state index contributed by atoms with van der Waals surface area (Å²) >= 11 is 0. The maximum Gasteiger partial charge on any atom is 0.0788 e. The largest absolute Gasteiger partial charge is 0.309 e. The van der Waals surface area contributed by atoms with Crippen LogP contribution in [0.3, 0.4) is 0 Å². The van der Waals surface area contributed by atoms with Crippen molar-refractivity contribution in [3.8, 4) is 95.2 Å². The van der Waals surface area contributed by atoms with Gasteiger partial charge in [0.25, 0.3) is 0 Å². The molecule has 0 saturated carbocycles. The van der Waals surface area contributed by atoms with Crippen molar-refractivity contribution in [1.82, 2.24) is 23.7 Å². The first kappa shape index (κ1) is 67.2. The molecule has 0 aliphatic rings. The number of rotatable bonds is 10. The predicted octanol–water partition coefficient (Wildman–Crippen LogP) is 30.0. The van der Waals surface area contributed by atoms with E-state index < -0.39 is 0 Å². The topological polar surface area (TPSA) is 40.6 Å². The van der Waals surface area contributed by atoms with Gasteiger partial charge in [-0.05, 0) is 180 Å². The van der Waals surface area contributed by atoms with Crippen LogP contribution < -0.4 is 0 Å². The molecule has 0 aliphatic heterocycles. The van der Waals surface area contributed by atoms with Crippen molar-refractivity contribution in [2.24, 2.45) is 0 Å². The van der Waals surface area contributed by atoms with Gasteiger partial charge in [0.1, 0.15) is 0 Å². The molecule has 24 rings (SSSR count). The molecule has 0 radical (unpaired) electrons. The Morgan fingerprint density at radius 2 is 0.419 bits per heavy atom. The number of para-hydroxylation sites is 7. The van der Waals surface area contributed by atoms with Crippen LogP contribution >= 0.6 is 0 Å². The normalized spacial score (nSPS) is 11.8. The number of hydrogen-bond acceptors (Lipinski definition) is 2. The standard InChI is InChI=1S/C65H41N3.C47H30N2/c1-2-15-50(16-3-1)67-60-23-10-7-19-53(60)57-40-48(34-37-62(57)67)49-35-38-63-58(41-49)54-20-8-11-24-61(54)68(63)51-17-12-14-47(39-51)44-27-25-42(26-28-44)43-29-31-46(32-30-43)65-56-36-33-45-13-4-5-18-52(45)64(56)55-21-6-9-22-59(55)66-65;1-2-11-37(12-3-1)49-44-17-9-7-14-39(44)42-30-36(27-29-45(42)49)33-20-18-31(19-21-33)32-22-24-35(25-23-32)47-41-28-26-34-10-4-5-13-38(34)46(41)40-15-6-8-16-43(40)48-47/h1-41H;1-30H. The zero-order chi connectivity index (χ0) is 77.0. The molecule has 0 saturated heterocycles. The average Bonchev–Trinajstić information content (AvgIpc) is 1.18. The lowest BCUT2D eigenvalue weighted by Crippen LogP contribution is -1.94. The minimum Gasteiger partial charge on any atom is -0.309 e. The van der Waals surface area contributed by atoms with Crippen LogP contribution in [0.2, 0.25) is 0 Å². The van der Waals surface area contributed by atoms with E-state index in [1.807, 2.05) is 0 Å². The van der Waals surface area contributed by atoms with E-state index >= 15 is 0 Å². The van der Waals surface area contributed by atoms with E-state index in [-0.39, 0.29) is 0 Å². The Morgan fingerprint density at radius 1 is 0.145 bits per heavy atom. The van der Waals surface area contributed by atoms with Crippen LogP contribution in [-0.4, -0.2) is 23.7 Å². The Morgan fingerprint density at radius 3 is 0.812 bits per heavy atom. The SMILES string of the molecule is c1ccc(-n2c3ccccc3c3cc(-c4ccc(-c5ccc(-c6nc7ccccc7c7c6ccc6ccccc67)cc5)cc4)ccc32)cc1.c1ccc(-n2c3ccccc3c3cc(-c4ccc5c(c4)c4ccccc4n5-c4cccc(-c5ccc(-c6ccc(-c7nc8ccccc8c8c7ccc7ccccc78)cc6)cc5)c4)ccc32)cc1. The van der Waals surface area contributed by atoms with E-state index in [1.54, 1.807) is 0 Å². The molecular weight excluding hydrogens is 1420 g/mol. The summed E-state index contributed by atoms with van der Waals surface area (Å²) < 4.78 is 7.15. The highest BCUT2D eigenvalue weighted by Gasteiger charge is 2.21. The second-order valence-corrected chi connectivity index (χ2v) is 30.7. The first-order chi connectivity index (χ1) is 58.0. The summed E-state index contributed by atoms with van der Waals surface area (Å²) in [5.41, 5.74) is 28.9. The van der Waals surface area contributed by atoms with Gasteiger partial charge in [0.2, 0.25) is 0 Å². The number of hydrogen-bond donors (Lipinski definition) is 0. The quantitative estimate of drug-likeness (QED) is 0.128. The summed E-state index contributed by atoms with van der Waals surface area (Å²) in [4.78, 5) is 10.4. The maximum absolute atomic E-state index is 5.23. The second-order valence-electron chi connectivity index (χ2n) is 30.7. The minimum absolute atomic E-state index is 1.01. The summed E-state index contributed by atoms with van der Waals surface area (Å²) in [6.45, 7) is 0. The van der Waals surface area contributed by atoms with Gasteiger partial charge < -0.3 is 13.7 Å². The van der Waals surface area contributed by atoms with E-state index in [2.05, 4.69) is 444 Å². The lowest BCUT2D eigenvalue weighted by molar-refractivity contribution is 1.18. The zero-order valence-electron chi connectivity index (χ0n) is 63.7. The number of aromatic nitrogens is 5. The third kappa shape index (κ3) is 11.4. The van der Waals surface area contributed by atoms with Crippen LogP contribution in [0, 0.1) is 0 Å². The van der Waals surface area contributed by atoms with Crippen LogP contribution in [0.5, 0.6) is 0 Å². The van der Waals surface area contributed by atoms with Crippen molar-refractivity contribution < 1.29 is 0 Å². The Labute approximate surface area is 675 Å². The Balaban J connectivity index is 0.000000145. The van der Waals surface area contributed by atoms with Crippen molar-refractivity contribution >= 4 is 130 Å². The van der Waals surface area contributed by atoms with Crippen LogP contribution in [0.1, 0.15) is 0 Å². The molecule has 0 unspecified atom stereocenters. The van der Waals surface area contributed by atoms with E-state index in [1.165, 1.54) is 186 Å². The summed E-state index contributed by atoms with van der Waals surface area (Å²) in [6, 6.07) is 156. The van der Waals surface area contributed by atoms with Crippen LogP contribution in [-0.2, 0) is 0 Å². The first-order valence-corrected chi connectivity index (χ1v) is 40.2. The van der Waals surface area contributed by atoms with Crippen molar-refractivity contribution in [3.05, 3.63) is 431 Å². The molecule has 0 bridgehead atoms. The molecule has 24 aromatic rings. The van der Waals surface area contributed by atoms with Gasteiger partial charge in [-0.2, -0.15) is 0 Å². The number of benzene rings is 19. The minimum atomic E-state index is 1.01. The fourth-order valence-corrected chi connectivity index (χ4v) is 18.5. The fourth-order valence-electron chi connectivity index (χ4n) is 18.5. The Kier molecular flexibility index (Phi) is 15.9. The van der Waals surface area contributed by atoms with Gasteiger partial charge in [-0.1, -0.05) is 328 Å². The molecule has 0 atom stereocenters. The highest BCUT2D eigenvalue weighted by atomic mass is 15.0. The molecule has 117 heavy (non-hydrogen) atoms. The van der Waals surface area contributed by atoms with Crippen LogP contribution in [0.25, 0.3) is 226 Å². The zero-order valence-corrected chi connectivity index (χ0v) is 63.7. The van der Waals surface area contributed by atoms with Crippen molar-refractivity contribution in [2.45, 2.75) is 0 Å². The molecule has 19 aromatic carbocycles. The van der Waals surface area contributed by atoms with Gasteiger partial charge in [0, 0.05) is 92.8 Å². The second kappa shape index (κ2) is 27.7. The van der Waals surface area contributed by atoms with E-state index in [9.17, 15) is 0 Å². The van der Waals surface area contributed by atoms with Gasteiger partial charge in [0.05, 0.1) is 55.5 Å². The highest BCUT2D eigenvalue weighted by Crippen LogP contribution is 2.44. The number of nitrogens with zero attached hydrogens (tertiary/aromatic N) is 5. The third-order valence-corrected chi connectivity index (χ3v) is 24.1. The molecule has 0 fully saturated rings. The summed E-state index contributed by atoms with van der Waals surface area (Å²) in [6.07, 6.45) is 0. The summed E-state index contributed by atoms with van der Waals surface area (Å²) in [5.74, 6) is 0. The highest BCUT2D eigenvalue weighted by molar-refractivity contribution is 6.24. The van der Waals surface area contributed by atoms with Gasteiger partial charge in [-0.25, -0.2) is 9.97 Å². The van der Waals surface area contributed by atoms with Gasteiger partial charge in [-0.15, -0.1) is 0 Å². The first-order valence-electron chi connectivity index (χ1n) is 40.2. The summed E-state index contributed by atoms with van der Waals surface area (Å²) in [5, 5.41) is 19.8. The predicted molar refractivity (Wildman–Crippen MR) is 495 cm³/mol. The average molecular weight is 1490 g/mol. The van der Waals surface area contributed by atoms with E-state index in [0.29, 0.717) is 0 Å². The van der Waals surface area contributed by atoms with Crippen LogP contribution in [0.15, 0.2) is 431 Å². The lowest BCUT2D eigenvalue weighted by atomic mass is 9.94. The molecule has 5 aromatic heterocycles. The van der Waals surface area contributed by atoms with Crippen molar-refractivity contribution in [1.29, 1.82) is 0 Å². The number of pyridine rings is 2. The molecule has 0 amide bonds. The van der Waals surface area contributed by atoms with Gasteiger partial charge in [0.15, 0.2) is 0 Å². The van der Waals surface area contributed by atoms with Gasteiger partial charge in [-0.3, -0.25) is 0 Å². The smallest absolute Gasteiger partial charge is 0.0788 e. The third-order valence-electron chi connectivity index (χ3n) is 24.1. The molecule has 0 N–H and O–H groups in total. The molecule has 0 spiro atoms. The molecular formula is C112H71N5. The van der Waals surface area contributed by atoms with Gasteiger partial charge >= 0.3 is 0 Å². The van der Waals surface area contributed by atoms with Crippen LogP contribution in [0.4, 0.5) is 0 Å². The molecule has 544 valence electrons. The monoisotopic (exact) mass is 1490 g/mol. The van der Waals surface area contributed by atoms with Crippen molar-refractivity contribution in [3.63, 3.8) is 0 Å². The molecule has 5 nitrogen and oxygen atoms in total. The van der Waals surface area contributed by atoms with Crippen molar-refractivity contribution in [2.75, 3.05) is 0 Å².